The van der Waals surface area contributed by atoms with Crippen molar-refractivity contribution in [3.05, 3.63) is 53.6 Å². The average Bonchev–Trinajstić information content (AvgIpc) is 3.26. The Labute approximate surface area is 212 Å². The van der Waals surface area contributed by atoms with Crippen LogP contribution in [0.25, 0.3) is 5.57 Å². The fraction of sp³-hybridized carbons (Fsp3) is 0.655. The van der Waals surface area contributed by atoms with Crippen molar-refractivity contribution >= 4 is 5.57 Å². The molecule has 196 valence electrons. The number of nitrogens with zero attached hydrogens (tertiary/aromatic N) is 1. The molecule has 3 N–H and O–H groups in total. The monoisotopic (exact) mass is 486 g/mol. The van der Waals surface area contributed by atoms with E-state index in [0.29, 0.717) is 19.1 Å². The van der Waals surface area contributed by atoms with Gasteiger partial charge in [-0.1, -0.05) is 57.2 Å². The number of likely N-dealkylation sites (tertiary alicyclic amines) is 1. The molecule has 35 heavy (non-hydrogen) atoms. The third-order valence-electron chi connectivity index (χ3n) is 7.38. The quantitative estimate of drug-likeness (QED) is 0.275. The summed E-state index contributed by atoms with van der Waals surface area (Å²) >= 11 is 0. The van der Waals surface area contributed by atoms with Crippen molar-refractivity contribution in [2.75, 3.05) is 46.0 Å². The van der Waals surface area contributed by atoms with Gasteiger partial charge in [-0.2, -0.15) is 0 Å². The zero-order valence-corrected chi connectivity index (χ0v) is 22.1. The third-order valence-corrected chi connectivity index (χ3v) is 7.38. The summed E-state index contributed by atoms with van der Waals surface area (Å²) in [5.41, 5.74) is 3.71. The number of ether oxygens (including phenoxy) is 2. The maximum Gasteiger partial charge on any atom is 0.194 e. The number of benzene rings is 1. The second-order valence-corrected chi connectivity index (χ2v) is 10.4. The van der Waals surface area contributed by atoms with E-state index in [1.807, 2.05) is 0 Å². The first-order valence-electron chi connectivity index (χ1n) is 13.3. The van der Waals surface area contributed by atoms with Crippen molar-refractivity contribution in [1.29, 1.82) is 0 Å². The Morgan fingerprint density at radius 1 is 1.17 bits per heavy atom. The highest BCUT2D eigenvalue weighted by Crippen LogP contribution is 2.40. The highest BCUT2D eigenvalue weighted by atomic mass is 16.7. The molecule has 1 heterocycles. The molecule has 1 aliphatic carbocycles. The molecule has 6 heteroatoms. The lowest BCUT2D eigenvalue weighted by Crippen LogP contribution is -2.44. The lowest BCUT2D eigenvalue weighted by Gasteiger charge is -2.40. The predicted molar refractivity (Wildman–Crippen MR) is 142 cm³/mol. The van der Waals surface area contributed by atoms with E-state index in [1.165, 1.54) is 16.7 Å². The average molecular weight is 487 g/mol. The molecule has 1 aromatic carbocycles. The summed E-state index contributed by atoms with van der Waals surface area (Å²) in [6.45, 7) is 13.3. The maximum atomic E-state index is 9.79. The van der Waals surface area contributed by atoms with E-state index in [2.05, 4.69) is 80.4 Å². The van der Waals surface area contributed by atoms with Gasteiger partial charge in [-0.05, 0) is 61.4 Å². The number of hydrogen-bond acceptors (Lipinski definition) is 6. The van der Waals surface area contributed by atoms with Crippen LogP contribution in [0.2, 0.25) is 0 Å². The molecule has 1 fully saturated rings. The van der Waals surface area contributed by atoms with Gasteiger partial charge in [0.1, 0.15) is 0 Å². The van der Waals surface area contributed by atoms with Crippen molar-refractivity contribution in [2.45, 2.75) is 64.9 Å². The molecule has 3 rings (SSSR count). The number of β-amino-alcohol motifs (C(OH)–C–C–N with tert-alkyl or cyclic N) is 1. The molecule has 0 bridgehead atoms. The Kier molecular flexibility index (Phi) is 11.0. The van der Waals surface area contributed by atoms with Crippen LogP contribution in [0, 0.1) is 18.8 Å². The van der Waals surface area contributed by atoms with E-state index in [1.54, 1.807) is 0 Å². The molecule has 2 aliphatic rings. The van der Waals surface area contributed by atoms with Gasteiger partial charge >= 0.3 is 0 Å². The number of allylic oxidation sites excluding steroid dienone is 2. The van der Waals surface area contributed by atoms with Crippen LogP contribution in [0.3, 0.4) is 0 Å². The Morgan fingerprint density at radius 3 is 2.57 bits per heavy atom. The highest BCUT2D eigenvalue weighted by Gasteiger charge is 2.40. The molecule has 4 atom stereocenters. The molecule has 0 radical (unpaired) electrons. The minimum absolute atomic E-state index is 0.0380. The van der Waals surface area contributed by atoms with Crippen LogP contribution >= 0.6 is 0 Å². The minimum Gasteiger partial charge on any atom is -0.395 e. The number of aliphatic hydroxyl groups excluding tert-OH is 2. The van der Waals surface area contributed by atoms with Crippen LogP contribution in [0.15, 0.2) is 42.5 Å². The normalized spacial score (nSPS) is 25.9. The van der Waals surface area contributed by atoms with Gasteiger partial charge in [0.25, 0.3) is 0 Å². The lowest BCUT2D eigenvalue weighted by molar-refractivity contribution is -0.223. The van der Waals surface area contributed by atoms with E-state index < -0.39 is 5.79 Å². The summed E-state index contributed by atoms with van der Waals surface area (Å²) in [6.07, 6.45) is 8.72. The van der Waals surface area contributed by atoms with Crippen molar-refractivity contribution in [3.8, 4) is 0 Å². The van der Waals surface area contributed by atoms with E-state index in [4.69, 9.17) is 9.47 Å². The van der Waals surface area contributed by atoms with E-state index in [-0.39, 0.29) is 24.7 Å². The molecule has 0 amide bonds. The molecule has 0 saturated carbocycles. The molecule has 1 aromatic rings. The molecule has 0 spiro atoms. The van der Waals surface area contributed by atoms with E-state index in [9.17, 15) is 10.2 Å². The number of hydrogen-bond donors (Lipinski definition) is 3. The van der Waals surface area contributed by atoms with E-state index in [0.717, 1.165) is 45.4 Å². The summed E-state index contributed by atoms with van der Waals surface area (Å²) in [5, 5.41) is 22.8. The van der Waals surface area contributed by atoms with Crippen molar-refractivity contribution in [1.82, 2.24) is 10.2 Å². The maximum absolute atomic E-state index is 9.79. The number of aliphatic hydroxyl groups is 2. The van der Waals surface area contributed by atoms with Gasteiger partial charge in [0.2, 0.25) is 0 Å². The second-order valence-electron chi connectivity index (χ2n) is 10.4. The smallest absolute Gasteiger partial charge is 0.194 e. The molecule has 1 aliphatic heterocycles. The third kappa shape index (κ3) is 7.72. The lowest BCUT2D eigenvalue weighted by atomic mass is 9.82. The molecule has 1 saturated heterocycles. The Morgan fingerprint density at radius 2 is 1.91 bits per heavy atom. The van der Waals surface area contributed by atoms with Crippen LogP contribution in [0.4, 0.5) is 0 Å². The van der Waals surface area contributed by atoms with Gasteiger partial charge in [0.15, 0.2) is 5.79 Å². The van der Waals surface area contributed by atoms with Gasteiger partial charge in [-0.25, -0.2) is 0 Å². The fourth-order valence-electron chi connectivity index (χ4n) is 5.04. The summed E-state index contributed by atoms with van der Waals surface area (Å²) in [7, 11) is 0. The van der Waals surface area contributed by atoms with E-state index >= 15 is 0 Å². The van der Waals surface area contributed by atoms with Gasteiger partial charge in [-0.3, -0.25) is 0 Å². The molecule has 6 nitrogen and oxygen atoms in total. The zero-order valence-electron chi connectivity index (χ0n) is 22.1. The molecular weight excluding hydrogens is 440 g/mol. The second kappa shape index (κ2) is 13.7. The fourth-order valence-corrected chi connectivity index (χ4v) is 5.04. The molecular formula is C29H46N2O4. The van der Waals surface area contributed by atoms with Gasteiger partial charge < -0.3 is 29.9 Å². The van der Waals surface area contributed by atoms with Crippen molar-refractivity contribution in [2.24, 2.45) is 11.8 Å². The summed E-state index contributed by atoms with van der Waals surface area (Å²) in [4.78, 5) is 2.30. The van der Waals surface area contributed by atoms with Crippen molar-refractivity contribution < 1.29 is 19.7 Å². The van der Waals surface area contributed by atoms with Gasteiger partial charge in [0, 0.05) is 31.6 Å². The zero-order chi connectivity index (χ0) is 25.3. The van der Waals surface area contributed by atoms with Crippen LogP contribution in [-0.2, 0) is 9.47 Å². The minimum atomic E-state index is -0.814. The number of nitrogens with one attached hydrogen (secondary N) is 1. The van der Waals surface area contributed by atoms with Crippen LogP contribution in [-0.4, -0.2) is 79.0 Å². The van der Waals surface area contributed by atoms with Gasteiger partial charge in [0.05, 0.1) is 25.9 Å². The largest absolute Gasteiger partial charge is 0.395 e. The summed E-state index contributed by atoms with van der Waals surface area (Å²) in [5.74, 6) is -0.392. The van der Waals surface area contributed by atoms with Crippen molar-refractivity contribution in [3.63, 3.8) is 0 Å². The van der Waals surface area contributed by atoms with Crippen LogP contribution in [0.1, 0.15) is 51.2 Å². The summed E-state index contributed by atoms with van der Waals surface area (Å²) < 4.78 is 13.1. The van der Waals surface area contributed by atoms with Crippen LogP contribution in [0.5, 0.6) is 0 Å². The first-order valence-corrected chi connectivity index (χ1v) is 13.3. The van der Waals surface area contributed by atoms with Crippen LogP contribution < -0.4 is 5.32 Å². The number of rotatable bonds is 14. The Hall–Kier alpha value is -1.54. The predicted octanol–water partition coefficient (Wildman–Crippen LogP) is 3.77. The Bertz CT molecular complexity index is 840. The molecule has 3 unspecified atom stereocenters. The first-order chi connectivity index (χ1) is 16.9. The Balaban J connectivity index is 1.62. The highest BCUT2D eigenvalue weighted by molar-refractivity contribution is 5.73. The molecule has 0 aromatic heterocycles. The number of aryl methyl sites for hydroxylation is 1. The topological polar surface area (TPSA) is 74.2 Å². The van der Waals surface area contributed by atoms with Gasteiger partial charge in [-0.15, -0.1) is 0 Å². The first kappa shape index (κ1) is 28.0. The SMILES string of the molecule is Cc1ccccc1C1=CC=CC(OCCCNC(CO)C(C)C)(OCCCN2CC[C@@H](O)C2)C1C. The standard InChI is InChI=1S/C29H46N2O4/c1-22(2)28(21-32)30-15-8-18-34-29(35-19-9-16-31-17-13-25(33)20-31)14-7-12-27(24(29)4)26-11-6-5-10-23(26)3/h5-7,10-12,14,22,24-25,28,30,32-33H,8-9,13,15-21H2,1-4H3/t24?,25-,28?,29?/m1/s1. The summed E-state index contributed by atoms with van der Waals surface area (Å²) in [6, 6.07) is 8.58.